The van der Waals surface area contributed by atoms with Crippen molar-refractivity contribution in [2.24, 2.45) is 5.41 Å². The summed E-state index contributed by atoms with van der Waals surface area (Å²) in [7, 11) is -2.62. The molecule has 1 saturated carbocycles. The molecule has 0 saturated heterocycles. The Morgan fingerprint density at radius 3 is 2.41 bits per heavy atom. The zero-order valence-electron chi connectivity index (χ0n) is 10.4. The Bertz CT molecular complexity index is 403. The number of methoxy groups -OCH3 is 1. The quantitative estimate of drug-likeness (QED) is 0.676. The first-order valence-corrected chi connectivity index (χ1v) is 6.94. The monoisotopic (exact) mass is 265 g/mol. The summed E-state index contributed by atoms with van der Waals surface area (Å²) in [6.45, 7) is 4.82. The normalized spacial score (nSPS) is 29.2. The van der Waals surface area contributed by atoms with Gasteiger partial charge >= 0.3 is 5.97 Å². The van der Waals surface area contributed by atoms with Gasteiger partial charge in [-0.15, -0.1) is 0 Å². The van der Waals surface area contributed by atoms with E-state index in [1.807, 2.05) is 0 Å². The van der Waals surface area contributed by atoms with E-state index in [4.69, 9.17) is 0 Å². The number of carbonyl (C=O) groups excluding carboxylic acids is 1. The fourth-order valence-electron chi connectivity index (χ4n) is 1.70. The average molecular weight is 265 g/mol. The Labute approximate surface area is 101 Å². The average Bonchev–Trinajstić information content (AvgIpc) is 2.26. The third-order valence-corrected chi connectivity index (χ3v) is 5.26. The van der Waals surface area contributed by atoms with Crippen molar-refractivity contribution in [3.63, 3.8) is 0 Å². The SMILES string of the molecule is COC(=O)C(C)S(=O)(=O)NC1CC(O)C1(C)C. The predicted octanol–water partition coefficient (Wildman–Crippen LogP) is -0.373. The summed E-state index contributed by atoms with van der Waals surface area (Å²) in [6, 6.07) is -0.352. The van der Waals surface area contributed by atoms with E-state index >= 15 is 0 Å². The minimum atomic E-state index is -3.76. The van der Waals surface area contributed by atoms with Crippen LogP contribution in [0.1, 0.15) is 27.2 Å². The van der Waals surface area contributed by atoms with Gasteiger partial charge < -0.3 is 9.84 Å². The number of rotatable bonds is 4. The molecular weight excluding hydrogens is 246 g/mol. The zero-order chi connectivity index (χ0) is 13.4. The summed E-state index contributed by atoms with van der Waals surface area (Å²) >= 11 is 0. The van der Waals surface area contributed by atoms with Gasteiger partial charge in [0.1, 0.15) is 0 Å². The summed E-state index contributed by atoms with van der Waals surface area (Å²) < 4.78 is 30.5. The van der Waals surface area contributed by atoms with Crippen LogP contribution in [0.3, 0.4) is 0 Å². The van der Waals surface area contributed by atoms with Crippen LogP contribution >= 0.6 is 0 Å². The molecule has 7 heteroatoms. The number of carbonyl (C=O) groups is 1. The molecule has 0 amide bonds. The Morgan fingerprint density at radius 1 is 1.53 bits per heavy atom. The fraction of sp³-hybridized carbons (Fsp3) is 0.900. The van der Waals surface area contributed by atoms with Gasteiger partial charge in [0, 0.05) is 11.5 Å². The van der Waals surface area contributed by atoms with Gasteiger partial charge in [-0.2, -0.15) is 0 Å². The van der Waals surface area contributed by atoms with Gasteiger partial charge in [-0.1, -0.05) is 13.8 Å². The Kier molecular flexibility index (Phi) is 3.85. The number of sulfonamides is 1. The van der Waals surface area contributed by atoms with E-state index in [2.05, 4.69) is 9.46 Å². The maximum atomic E-state index is 11.8. The van der Waals surface area contributed by atoms with Crippen LogP contribution in [0.5, 0.6) is 0 Å². The van der Waals surface area contributed by atoms with Crippen LogP contribution < -0.4 is 4.72 Å². The number of aliphatic hydroxyl groups is 1. The highest BCUT2D eigenvalue weighted by molar-refractivity contribution is 7.90. The lowest BCUT2D eigenvalue weighted by Gasteiger charge is -2.49. The lowest BCUT2D eigenvalue weighted by atomic mass is 9.65. The maximum Gasteiger partial charge on any atom is 0.325 e. The van der Waals surface area contributed by atoms with E-state index in [0.717, 1.165) is 7.11 Å². The number of aliphatic hydroxyl groups excluding tert-OH is 1. The number of hydrogen-bond acceptors (Lipinski definition) is 5. The first-order valence-electron chi connectivity index (χ1n) is 5.40. The Balaban J connectivity index is 2.72. The molecular formula is C10H19NO5S. The highest BCUT2D eigenvalue weighted by Crippen LogP contribution is 2.40. The van der Waals surface area contributed by atoms with Gasteiger partial charge in [-0.3, -0.25) is 4.79 Å². The Hall–Kier alpha value is -0.660. The first-order chi connectivity index (χ1) is 7.63. The molecule has 1 aliphatic carbocycles. The molecule has 6 nitrogen and oxygen atoms in total. The molecule has 3 unspecified atom stereocenters. The van der Waals surface area contributed by atoms with Crippen LogP contribution in [0, 0.1) is 5.41 Å². The molecule has 2 N–H and O–H groups in total. The molecule has 0 spiro atoms. The van der Waals surface area contributed by atoms with E-state index in [9.17, 15) is 18.3 Å². The van der Waals surface area contributed by atoms with E-state index in [-0.39, 0.29) is 6.04 Å². The minimum Gasteiger partial charge on any atom is -0.468 e. The van der Waals surface area contributed by atoms with Gasteiger partial charge in [0.2, 0.25) is 10.0 Å². The highest BCUT2D eigenvalue weighted by Gasteiger charge is 2.49. The summed E-state index contributed by atoms with van der Waals surface area (Å²) in [4.78, 5) is 11.2. The molecule has 3 atom stereocenters. The van der Waals surface area contributed by atoms with Crippen LogP contribution in [0.2, 0.25) is 0 Å². The van der Waals surface area contributed by atoms with Crippen molar-refractivity contribution in [3.8, 4) is 0 Å². The summed E-state index contributed by atoms with van der Waals surface area (Å²) in [6.07, 6.45) is -0.163. The van der Waals surface area contributed by atoms with Crippen LogP contribution in [-0.4, -0.2) is 44.0 Å². The van der Waals surface area contributed by atoms with Crippen molar-refractivity contribution in [1.29, 1.82) is 0 Å². The summed E-state index contributed by atoms with van der Waals surface area (Å²) in [5, 5.41) is 8.26. The topological polar surface area (TPSA) is 92.7 Å². The molecule has 0 aromatic heterocycles. The summed E-state index contributed by atoms with van der Waals surface area (Å²) in [5.74, 6) is -0.796. The van der Waals surface area contributed by atoms with Gasteiger partial charge in [0.25, 0.3) is 0 Å². The third-order valence-electron chi connectivity index (χ3n) is 3.52. The second-order valence-corrected chi connectivity index (χ2v) is 6.99. The molecule has 17 heavy (non-hydrogen) atoms. The van der Waals surface area contributed by atoms with Crippen LogP contribution in [0.15, 0.2) is 0 Å². The smallest absolute Gasteiger partial charge is 0.325 e. The van der Waals surface area contributed by atoms with Crippen molar-refractivity contribution in [1.82, 2.24) is 4.72 Å². The molecule has 0 radical (unpaired) electrons. The van der Waals surface area contributed by atoms with Crippen LogP contribution in [0.25, 0.3) is 0 Å². The number of esters is 1. The van der Waals surface area contributed by atoms with Crippen molar-refractivity contribution in [3.05, 3.63) is 0 Å². The molecule has 100 valence electrons. The van der Waals surface area contributed by atoms with Gasteiger partial charge in [0.05, 0.1) is 13.2 Å². The van der Waals surface area contributed by atoms with Gasteiger partial charge in [-0.25, -0.2) is 13.1 Å². The molecule has 1 aliphatic rings. The molecule has 0 bridgehead atoms. The number of nitrogens with one attached hydrogen (secondary N) is 1. The van der Waals surface area contributed by atoms with E-state index in [0.29, 0.717) is 6.42 Å². The lowest BCUT2D eigenvalue weighted by molar-refractivity contribution is -0.139. The highest BCUT2D eigenvalue weighted by atomic mass is 32.2. The minimum absolute atomic E-state index is 0.352. The predicted molar refractivity (Wildman–Crippen MR) is 61.7 cm³/mol. The molecule has 1 rings (SSSR count). The van der Waals surface area contributed by atoms with E-state index < -0.39 is 32.8 Å². The molecule has 0 aromatic carbocycles. The Morgan fingerprint density at radius 2 is 2.06 bits per heavy atom. The van der Waals surface area contributed by atoms with Crippen LogP contribution in [-0.2, 0) is 19.6 Å². The van der Waals surface area contributed by atoms with Crippen molar-refractivity contribution in [2.75, 3.05) is 7.11 Å². The molecule has 0 heterocycles. The molecule has 0 aliphatic heterocycles. The third kappa shape index (κ3) is 2.61. The van der Waals surface area contributed by atoms with Crippen LogP contribution in [0.4, 0.5) is 0 Å². The van der Waals surface area contributed by atoms with Gasteiger partial charge in [-0.05, 0) is 13.3 Å². The molecule has 1 fully saturated rings. The number of ether oxygens (including phenoxy) is 1. The van der Waals surface area contributed by atoms with Crippen molar-refractivity contribution in [2.45, 2.75) is 44.6 Å². The summed E-state index contributed by atoms with van der Waals surface area (Å²) in [5.41, 5.74) is -0.511. The van der Waals surface area contributed by atoms with E-state index in [1.54, 1.807) is 13.8 Å². The fourth-order valence-corrected chi connectivity index (χ4v) is 3.05. The zero-order valence-corrected chi connectivity index (χ0v) is 11.2. The standard InChI is InChI=1S/C10H19NO5S/c1-6(9(13)16-4)17(14,15)11-7-5-8(12)10(7,2)3/h6-8,11-12H,5H2,1-4H3. The van der Waals surface area contributed by atoms with Crippen molar-refractivity contribution >= 4 is 16.0 Å². The largest absolute Gasteiger partial charge is 0.468 e. The first kappa shape index (κ1) is 14.4. The second-order valence-electron chi connectivity index (χ2n) is 4.95. The van der Waals surface area contributed by atoms with Crippen molar-refractivity contribution < 1.29 is 23.1 Å². The lowest BCUT2D eigenvalue weighted by Crippen LogP contribution is -2.62. The second kappa shape index (κ2) is 4.55. The van der Waals surface area contributed by atoms with Gasteiger partial charge in [0.15, 0.2) is 5.25 Å². The maximum absolute atomic E-state index is 11.8. The number of hydrogen-bond donors (Lipinski definition) is 2. The molecule has 0 aromatic rings. The van der Waals surface area contributed by atoms with E-state index in [1.165, 1.54) is 6.92 Å².